The molecule has 0 aliphatic heterocycles. The summed E-state index contributed by atoms with van der Waals surface area (Å²) in [5.74, 6) is 0.557. The van der Waals surface area contributed by atoms with E-state index in [2.05, 4.69) is 15.3 Å². The van der Waals surface area contributed by atoms with Gasteiger partial charge in [-0.05, 0) is 38.7 Å². The number of aryl methyl sites for hydroxylation is 2. The zero-order valence-electron chi connectivity index (χ0n) is 14.4. The number of ether oxygens (including phenoxy) is 1. The number of halogens is 1. The van der Waals surface area contributed by atoms with Crippen molar-refractivity contribution < 1.29 is 9.13 Å². The van der Waals surface area contributed by atoms with Crippen molar-refractivity contribution in [2.24, 2.45) is 7.05 Å². The Labute approximate surface area is 137 Å². The molecule has 0 unspecified atom stereocenters. The zero-order valence-corrected chi connectivity index (χ0v) is 14.4. The Morgan fingerprint density at radius 1 is 1.39 bits per heavy atom. The molecule has 1 aromatic carbocycles. The van der Waals surface area contributed by atoms with Crippen LogP contribution in [-0.2, 0) is 13.6 Å². The molecule has 0 aliphatic rings. The number of methoxy groups -OCH3 is 1. The molecule has 0 aliphatic carbocycles. The van der Waals surface area contributed by atoms with Gasteiger partial charge in [0.05, 0.1) is 18.4 Å². The summed E-state index contributed by atoms with van der Waals surface area (Å²) < 4.78 is 20.6. The summed E-state index contributed by atoms with van der Waals surface area (Å²) >= 11 is 0. The maximum atomic E-state index is 13.5. The average Bonchev–Trinajstić information content (AvgIpc) is 2.76. The van der Waals surface area contributed by atoms with Gasteiger partial charge in [-0.3, -0.25) is 0 Å². The number of aromatic nitrogens is 2. The highest BCUT2D eigenvalue weighted by molar-refractivity contribution is 5.30. The van der Waals surface area contributed by atoms with E-state index in [0.717, 1.165) is 22.7 Å². The van der Waals surface area contributed by atoms with Gasteiger partial charge in [0.1, 0.15) is 5.82 Å². The van der Waals surface area contributed by atoms with Gasteiger partial charge < -0.3 is 15.0 Å². The van der Waals surface area contributed by atoms with E-state index < -0.39 is 0 Å². The van der Waals surface area contributed by atoms with Gasteiger partial charge >= 0.3 is 0 Å². The van der Waals surface area contributed by atoms with Gasteiger partial charge in [-0.1, -0.05) is 12.1 Å². The highest BCUT2D eigenvalue weighted by Crippen LogP contribution is 2.22. The van der Waals surface area contributed by atoms with Crippen molar-refractivity contribution in [1.29, 1.82) is 0 Å². The van der Waals surface area contributed by atoms with E-state index in [9.17, 15) is 4.39 Å². The number of rotatable bonds is 7. The van der Waals surface area contributed by atoms with Crippen molar-refractivity contribution in [3.05, 3.63) is 46.9 Å². The van der Waals surface area contributed by atoms with Crippen LogP contribution in [0.5, 0.6) is 5.88 Å². The minimum atomic E-state index is -0.209. The molecule has 0 saturated carbocycles. The van der Waals surface area contributed by atoms with Crippen molar-refractivity contribution in [2.45, 2.75) is 19.5 Å². The van der Waals surface area contributed by atoms with Gasteiger partial charge in [0, 0.05) is 26.2 Å². The van der Waals surface area contributed by atoms with Crippen LogP contribution in [0, 0.1) is 12.7 Å². The van der Waals surface area contributed by atoms with E-state index in [-0.39, 0.29) is 11.9 Å². The largest absolute Gasteiger partial charge is 0.481 e. The minimum Gasteiger partial charge on any atom is -0.481 e. The Bertz CT molecular complexity index is 654. The Hall–Kier alpha value is -1.92. The molecule has 0 radical (unpaired) electrons. The number of likely N-dealkylation sites (N-methyl/N-ethyl adjacent to an activating group) is 1. The number of hydrogen-bond donors (Lipinski definition) is 1. The lowest BCUT2D eigenvalue weighted by Crippen LogP contribution is -2.31. The number of benzene rings is 1. The molecule has 0 saturated heterocycles. The van der Waals surface area contributed by atoms with Gasteiger partial charge in [0.2, 0.25) is 5.88 Å². The predicted octanol–water partition coefficient (Wildman–Crippen LogP) is 2.27. The molecule has 6 heteroatoms. The summed E-state index contributed by atoms with van der Waals surface area (Å²) in [6.07, 6.45) is 0. The molecule has 1 aromatic heterocycles. The number of hydrogen-bond acceptors (Lipinski definition) is 4. The highest BCUT2D eigenvalue weighted by Gasteiger charge is 2.17. The summed E-state index contributed by atoms with van der Waals surface area (Å²) in [4.78, 5) is 2.08. The standard InChI is InChI=1S/C17H25FN4O/c1-12-15(17(23-5)22(4)20-12)10-19-11-16(21(2)3)13-7-6-8-14(18)9-13/h6-9,16,19H,10-11H2,1-5H3/t16-/m0/s1. The fraction of sp³-hybridized carbons (Fsp3) is 0.471. The molecule has 0 bridgehead atoms. The molecule has 0 amide bonds. The van der Waals surface area contributed by atoms with E-state index >= 15 is 0 Å². The second-order valence-corrected chi connectivity index (χ2v) is 5.86. The lowest BCUT2D eigenvalue weighted by atomic mass is 10.1. The predicted molar refractivity (Wildman–Crippen MR) is 89.0 cm³/mol. The average molecular weight is 320 g/mol. The molecule has 0 fully saturated rings. The summed E-state index contributed by atoms with van der Waals surface area (Å²) in [6.45, 7) is 3.33. The van der Waals surface area contributed by atoms with Gasteiger partial charge in [0.25, 0.3) is 0 Å². The fourth-order valence-corrected chi connectivity index (χ4v) is 2.79. The minimum absolute atomic E-state index is 0.0914. The third kappa shape index (κ3) is 4.09. The third-order valence-electron chi connectivity index (χ3n) is 3.98. The van der Waals surface area contributed by atoms with Gasteiger partial charge in [-0.15, -0.1) is 0 Å². The third-order valence-corrected chi connectivity index (χ3v) is 3.98. The molecule has 1 atom stereocenters. The fourth-order valence-electron chi connectivity index (χ4n) is 2.79. The number of nitrogens with zero attached hydrogens (tertiary/aromatic N) is 3. The van der Waals surface area contributed by atoms with Crippen molar-refractivity contribution in [3.8, 4) is 5.88 Å². The maximum absolute atomic E-state index is 13.5. The summed E-state index contributed by atoms with van der Waals surface area (Å²) in [7, 11) is 7.50. The van der Waals surface area contributed by atoms with Crippen LogP contribution in [0.4, 0.5) is 4.39 Å². The Kier molecular flexibility index (Phi) is 5.74. The lowest BCUT2D eigenvalue weighted by Gasteiger charge is -2.25. The quantitative estimate of drug-likeness (QED) is 0.850. The van der Waals surface area contributed by atoms with Crippen molar-refractivity contribution in [2.75, 3.05) is 27.7 Å². The van der Waals surface area contributed by atoms with Crippen LogP contribution < -0.4 is 10.1 Å². The first-order valence-electron chi connectivity index (χ1n) is 7.63. The van der Waals surface area contributed by atoms with Crippen molar-refractivity contribution in [1.82, 2.24) is 20.0 Å². The van der Waals surface area contributed by atoms with Crippen molar-refractivity contribution in [3.63, 3.8) is 0 Å². The molecular weight excluding hydrogens is 295 g/mol. The van der Waals surface area contributed by atoms with Crippen LogP contribution in [-0.4, -0.2) is 42.4 Å². The maximum Gasteiger partial charge on any atom is 0.216 e. The lowest BCUT2D eigenvalue weighted by molar-refractivity contribution is 0.287. The first-order valence-corrected chi connectivity index (χ1v) is 7.63. The molecule has 126 valence electrons. The van der Waals surface area contributed by atoms with Gasteiger partial charge in [-0.2, -0.15) is 5.10 Å². The number of nitrogens with one attached hydrogen (secondary N) is 1. The Morgan fingerprint density at radius 3 is 2.74 bits per heavy atom. The van der Waals surface area contributed by atoms with E-state index in [1.165, 1.54) is 6.07 Å². The van der Waals surface area contributed by atoms with Crippen LogP contribution in [0.15, 0.2) is 24.3 Å². The summed E-state index contributed by atoms with van der Waals surface area (Å²) in [6, 6.07) is 6.84. The van der Waals surface area contributed by atoms with E-state index in [0.29, 0.717) is 13.1 Å². The first kappa shape index (κ1) is 17.4. The van der Waals surface area contributed by atoms with Crippen LogP contribution in [0.25, 0.3) is 0 Å². The van der Waals surface area contributed by atoms with Crippen molar-refractivity contribution >= 4 is 0 Å². The second-order valence-electron chi connectivity index (χ2n) is 5.86. The molecular formula is C17H25FN4O. The topological polar surface area (TPSA) is 42.3 Å². The molecule has 5 nitrogen and oxygen atoms in total. The molecule has 0 spiro atoms. The van der Waals surface area contributed by atoms with E-state index in [1.807, 2.05) is 34.1 Å². The zero-order chi connectivity index (χ0) is 17.0. The summed E-state index contributed by atoms with van der Waals surface area (Å²) in [5, 5.41) is 7.81. The second kappa shape index (κ2) is 7.57. The van der Waals surface area contributed by atoms with E-state index in [1.54, 1.807) is 23.9 Å². The Morgan fingerprint density at radius 2 is 2.13 bits per heavy atom. The molecule has 1 heterocycles. The molecule has 2 rings (SSSR count). The molecule has 23 heavy (non-hydrogen) atoms. The van der Waals surface area contributed by atoms with Gasteiger partial charge in [-0.25, -0.2) is 9.07 Å². The van der Waals surface area contributed by atoms with Crippen LogP contribution >= 0.6 is 0 Å². The monoisotopic (exact) mass is 320 g/mol. The summed E-state index contributed by atoms with van der Waals surface area (Å²) in [5.41, 5.74) is 2.95. The SMILES string of the molecule is COc1c(CNC[C@@H](c2cccc(F)c2)N(C)C)c(C)nn1C. The smallest absolute Gasteiger partial charge is 0.216 e. The van der Waals surface area contributed by atoms with Gasteiger partial charge in [0.15, 0.2) is 0 Å². The normalized spacial score (nSPS) is 12.7. The van der Waals surface area contributed by atoms with Crippen LogP contribution in [0.1, 0.15) is 22.9 Å². The highest BCUT2D eigenvalue weighted by atomic mass is 19.1. The van der Waals surface area contributed by atoms with Crippen LogP contribution in [0.3, 0.4) is 0 Å². The van der Waals surface area contributed by atoms with E-state index in [4.69, 9.17) is 4.74 Å². The first-order chi connectivity index (χ1) is 10.9. The molecule has 1 N–H and O–H groups in total. The van der Waals surface area contributed by atoms with Crippen LogP contribution in [0.2, 0.25) is 0 Å². The Balaban J connectivity index is 2.06. The molecule has 2 aromatic rings.